The van der Waals surface area contributed by atoms with Gasteiger partial charge in [-0.1, -0.05) is 25.1 Å². The fraction of sp³-hybridized carbons (Fsp3) is 0.400. The van der Waals surface area contributed by atoms with Crippen LogP contribution in [0.4, 0.5) is 0 Å². The van der Waals surface area contributed by atoms with Crippen molar-refractivity contribution in [3.8, 4) is 5.69 Å². The Morgan fingerprint density at radius 1 is 1.22 bits per heavy atom. The molecule has 1 heterocycles. The van der Waals surface area contributed by atoms with Crippen LogP contribution in [0.15, 0.2) is 30.6 Å². The number of benzene rings is 1. The normalized spacial score (nSPS) is 10.8. The fourth-order valence-corrected chi connectivity index (χ4v) is 2.04. The molecule has 0 bridgehead atoms. The van der Waals surface area contributed by atoms with E-state index in [0.29, 0.717) is 0 Å². The van der Waals surface area contributed by atoms with Crippen molar-refractivity contribution in [1.29, 1.82) is 0 Å². The quantitative estimate of drug-likeness (QED) is 0.818. The molecule has 0 spiro atoms. The number of aromatic nitrogens is 2. The maximum atomic E-state index is 4.37. The molecule has 0 radical (unpaired) electrons. The van der Waals surface area contributed by atoms with E-state index in [4.69, 9.17) is 0 Å². The number of para-hydroxylation sites is 1. The number of hydrogen-bond donors (Lipinski definition) is 1. The van der Waals surface area contributed by atoms with Crippen LogP contribution in [0.3, 0.4) is 0 Å². The van der Waals surface area contributed by atoms with Crippen LogP contribution in [0.5, 0.6) is 0 Å². The summed E-state index contributed by atoms with van der Waals surface area (Å²) in [4.78, 5) is 4.37. The van der Waals surface area contributed by atoms with E-state index in [1.165, 1.54) is 16.9 Å². The zero-order valence-corrected chi connectivity index (χ0v) is 11.4. The number of nitrogens with one attached hydrogen (secondary N) is 1. The van der Waals surface area contributed by atoms with Crippen LogP contribution in [-0.4, -0.2) is 16.1 Å². The van der Waals surface area contributed by atoms with Gasteiger partial charge in [-0.05, 0) is 38.4 Å². The van der Waals surface area contributed by atoms with Crippen LogP contribution in [-0.2, 0) is 6.54 Å². The highest BCUT2D eigenvalue weighted by molar-refractivity contribution is 5.42. The molecule has 0 fully saturated rings. The third-order valence-corrected chi connectivity index (χ3v) is 3.25. The molecule has 2 aromatic rings. The van der Waals surface area contributed by atoms with Crippen molar-refractivity contribution in [2.45, 2.75) is 33.7 Å². The predicted molar refractivity (Wildman–Crippen MR) is 75.0 cm³/mol. The Bertz CT molecular complexity index is 514. The molecule has 3 nitrogen and oxygen atoms in total. The molecule has 0 amide bonds. The van der Waals surface area contributed by atoms with Gasteiger partial charge in [0.1, 0.15) is 0 Å². The van der Waals surface area contributed by atoms with E-state index in [2.05, 4.69) is 53.0 Å². The van der Waals surface area contributed by atoms with E-state index in [9.17, 15) is 0 Å². The molecule has 3 heteroatoms. The summed E-state index contributed by atoms with van der Waals surface area (Å²) >= 11 is 0. The summed E-state index contributed by atoms with van der Waals surface area (Å²) in [6.07, 6.45) is 3.06. The molecule has 1 aromatic carbocycles. The third-order valence-electron chi connectivity index (χ3n) is 3.25. The van der Waals surface area contributed by atoms with Crippen LogP contribution >= 0.6 is 0 Å². The average Bonchev–Trinajstić information content (AvgIpc) is 2.71. The van der Waals surface area contributed by atoms with Gasteiger partial charge in [0.25, 0.3) is 0 Å². The predicted octanol–water partition coefficient (Wildman–Crippen LogP) is 2.99. The third kappa shape index (κ3) is 2.62. The fourth-order valence-electron chi connectivity index (χ4n) is 2.04. The molecular formula is C15H21N3. The lowest BCUT2D eigenvalue weighted by Gasteiger charge is -2.12. The van der Waals surface area contributed by atoms with Crippen molar-refractivity contribution < 1.29 is 0 Å². The van der Waals surface area contributed by atoms with Crippen LogP contribution < -0.4 is 5.32 Å². The van der Waals surface area contributed by atoms with Gasteiger partial charge in [0, 0.05) is 12.2 Å². The number of imidazole rings is 1. The summed E-state index contributed by atoms with van der Waals surface area (Å²) in [5.74, 6) is 0. The highest BCUT2D eigenvalue weighted by Gasteiger charge is 2.07. The van der Waals surface area contributed by atoms with Crippen LogP contribution in [0.2, 0.25) is 0 Å². The Morgan fingerprint density at radius 3 is 2.67 bits per heavy atom. The van der Waals surface area contributed by atoms with Crippen molar-refractivity contribution in [1.82, 2.24) is 14.9 Å². The van der Waals surface area contributed by atoms with Gasteiger partial charge in [-0.15, -0.1) is 0 Å². The summed E-state index contributed by atoms with van der Waals surface area (Å²) in [5.41, 5.74) is 4.83. The molecule has 2 rings (SSSR count). The molecule has 0 aliphatic rings. The minimum absolute atomic E-state index is 0.903. The second kappa shape index (κ2) is 5.83. The van der Waals surface area contributed by atoms with Crippen molar-refractivity contribution in [3.63, 3.8) is 0 Å². The van der Waals surface area contributed by atoms with Gasteiger partial charge in [0.2, 0.25) is 0 Å². The lowest BCUT2D eigenvalue weighted by Crippen LogP contribution is -2.15. The van der Waals surface area contributed by atoms with E-state index >= 15 is 0 Å². The van der Waals surface area contributed by atoms with Gasteiger partial charge in [-0.2, -0.15) is 0 Å². The summed E-state index contributed by atoms with van der Waals surface area (Å²) in [5, 5.41) is 3.45. The number of nitrogens with zero attached hydrogens (tertiary/aromatic N) is 2. The number of aryl methyl sites for hydroxylation is 1. The van der Waals surface area contributed by atoms with Crippen LogP contribution in [0.1, 0.15) is 30.3 Å². The van der Waals surface area contributed by atoms with E-state index in [0.717, 1.165) is 25.2 Å². The Labute approximate surface area is 109 Å². The van der Waals surface area contributed by atoms with E-state index in [1.807, 2.05) is 13.3 Å². The number of hydrogen-bond acceptors (Lipinski definition) is 2. The van der Waals surface area contributed by atoms with Gasteiger partial charge in [-0.25, -0.2) is 4.98 Å². The van der Waals surface area contributed by atoms with Crippen LogP contribution in [0, 0.1) is 13.8 Å². The van der Waals surface area contributed by atoms with Gasteiger partial charge in [0.15, 0.2) is 0 Å². The van der Waals surface area contributed by atoms with Crippen LogP contribution in [0.25, 0.3) is 5.69 Å². The summed E-state index contributed by atoms with van der Waals surface area (Å²) < 4.78 is 2.16. The largest absolute Gasteiger partial charge is 0.313 e. The lowest BCUT2D eigenvalue weighted by molar-refractivity contribution is 0.672. The monoisotopic (exact) mass is 243 g/mol. The van der Waals surface area contributed by atoms with E-state index < -0.39 is 0 Å². The lowest BCUT2D eigenvalue weighted by atomic mass is 10.1. The zero-order chi connectivity index (χ0) is 13.0. The molecule has 0 aliphatic carbocycles. The van der Waals surface area contributed by atoms with Gasteiger partial charge >= 0.3 is 0 Å². The van der Waals surface area contributed by atoms with Gasteiger partial charge in [0.05, 0.1) is 17.7 Å². The van der Waals surface area contributed by atoms with E-state index in [-0.39, 0.29) is 0 Å². The topological polar surface area (TPSA) is 29.9 Å². The average molecular weight is 243 g/mol. The zero-order valence-electron chi connectivity index (χ0n) is 11.4. The summed E-state index contributed by atoms with van der Waals surface area (Å²) in [6.45, 7) is 8.29. The standard InChI is InChI=1S/C15H21N3/c1-4-9-16-10-14-7-5-6-8-15(14)18-11-17-12(2)13(18)3/h5-8,11,16H,4,9-10H2,1-3H3. The Hall–Kier alpha value is -1.61. The minimum Gasteiger partial charge on any atom is -0.313 e. The maximum absolute atomic E-state index is 4.37. The Morgan fingerprint density at radius 2 is 2.00 bits per heavy atom. The molecule has 0 atom stereocenters. The van der Waals surface area contributed by atoms with Crippen molar-refractivity contribution in [3.05, 3.63) is 47.5 Å². The molecule has 1 aromatic heterocycles. The molecule has 96 valence electrons. The second-order valence-electron chi connectivity index (χ2n) is 4.59. The van der Waals surface area contributed by atoms with Crippen molar-refractivity contribution in [2.75, 3.05) is 6.54 Å². The first-order chi connectivity index (χ1) is 8.74. The molecule has 0 unspecified atom stereocenters. The molecular weight excluding hydrogens is 222 g/mol. The van der Waals surface area contributed by atoms with E-state index in [1.54, 1.807) is 0 Å². The SMILES string of the molecule is CCCNCc1ccccc1-n1cnc(C)c1C. The molecule has 0 aliphatic heterocycles. The first-order valence-corrected chi connectivity index (χ1v) is 6.53. The first-order valence-electron chi connectivity index (χ1n) is 6.53. The number of rotatable bonds is 5. The molecule has 0 saturated heterocycles. The van der Waals surface area contributed by atoms with Crippen molar-refractivity contribution in [2.24, 2.45) is 0 Å². The van der Waals surface area contributed by atoms with Crippen molar-refractivity contribution >= 4 is 0 Å². The maximum Gasteiger partial charge on any atom is 0.0997 e. The Kier molecular flexibility index (Phi) is 4.15. The van der Waals surface area contributed by atoms with Gasteiger partial charge in [-0.3, -0.25) is 0 Å². The summed E-state index contributed by atoms with van der Waals surface area (Å²) in [7, 11) is 0. The molecule has 18 heavy (non-hydrogen) atoms. The summed E-state index contributed by atoms with van der Waals surface area (Å²) in [6, 6.07) is 8.49. The smallest absolute Gasteiger partial charge is 0.0997 e. The Balaban J connectivity index is 2.30. The molecule has 0 saturated carbocycles. The van der Waals surface area contributed by atoms with Gasteiger partial charge < -0.3 is 9.88 Å². The highest BCUT2D eigenvalue weighted by atomic mass is 15.1. The molecule has 1 N–H and O–H groups in total. The minimum atomic E-state index is 0.903. The highest BCUT2D eigenvalue weighted by Crippen LogP contribution is 2.18. The second-order valence-corrected chi connectivity index (χ2v) is 4.59. The first kappa shape index (κ1) is 12.8.